The fourth-order valence-corrected chi connectivity index (χ4v) is 2.13. The lowest BCUT2D eigenvalue weighted by Crippen LogP contribution is -2.12. The molecule has 3 aromatic rings. The minimum atomic E-state index is -0.195. The third-order valence-corrected chi connectivity index (χ3v) is 3.08. The van der Waals surface area contributed by atoms with Gasteiger partial charge in [-0.3, -0.25) is 4.79 Å². The summed E-state index contributed by atoms with van der Waals surface area (Å²) in [7, 11) is 0. The Kier molecular flexibility index (Phi) is 2.87. The second kappa shape index (κ2) is 4.70. The maximum Gasteiger partial charge on any atom is 0.258 e. The van der Waals surface area contributed by atoms with Crippen LogP contribution in [0.25, 0.3) is 10.9 Å². The second-order valence-corrected chi connectivity index (χ2v) is 4.63. The molecule has 0 saturated carbocycles. The molecular weight excluding hydrogens is 252 g/mol. The number of hydrogen-bond donors (Lipinski definition) is 3. The Hall–Kier alpha value is -2.82. The van der Waals surface area contributed by atoms with E-state index in [1.165, 1.54) is 0 Å². The first-order valence-electron chi connectivity index (χ1n) is 6.25. The summed E-state index contributed by atoms with van der Waals surface area (Å²) in [5.74, 6) is 0.346. The summed E-state index contributed by atoms with van der Waals surface area (Å²) in [5.41, 5.74) is 8.65. The Morgan fingerprint density at radius 1 is 1.30 bits per heavy atom. The molecule has 2 aromatic heterocycles. The minimum Gasteiger partial charge on any atom is -0.399 e. The average molecular weight is 266 g/mol. The van der Waals surface area contributed by atoms with Gasteiger partial charge >= 0.3 is 0 Å². The van der Waals surface area contributed by atoms with E-state index < -0.39 is 0 Å². The van der Waals surface area contributed by atoms with E-state index in [1.807, 2.05) is 25.1 Å². The molecule has 100 valence electrons. The fourth-order valence-electron chi connectivity index (χ4n) is 2.13. The van der Waals surface area contributed by atoms with Crippen molar-refractivity contribution in [1.29, 1.82) is 0 Å². The van der Waals surface area contributed by atoms with Gasteiger partial charge in [-0.15, -0.1) is 0 Å². The topological polar surface area (TPSA) is 83.8 Å². The first kappa shape index (κ1) is 12.2. The van der Waals surface area contributed by atoms with E-state index in [-0.39, 0.29) is 5.91 Å². The number of aromatic amines is 1. The second-order valence-electron chi connectivity index (χ2n) is 4.63. The number of H-pyrrole nitrogens is 1. The molecule has 5 nitrogen and oxygen atoms in total. The number of anilines is 2. The minimum absolute atomic E-state index is 0.195. The molecule has 0 aliphatic rings. The normalized spacial score (nSPS) is 10.7. The molecule has 0 spiro atoms. The molecule has 0 fully saturated rings. The van der Waals surface area contributed by atoms with Gasteiger partial charge in [-0.1, -0.05) is 6.07 Å². The molecule has 1 amide bonds. The molecule has 0 unspecified atom stereocenters. The van der Waals surface area contributed by atoms with E-state index in [1.54, 1.807) is 24.4 Å². The molecular formula is C15H14N4O. The van der Waals surface area contributed by atoms with Crippen molar-refractivity contribution in [3.8, 4) is 0 Å². The number of carbonyl (C=O) groups excluding carboxylic acids is 1. The van der Waals surface area contributed by atoms with Crippen LogP contribution in [0.5, 0.6) is 0 Å². The third kappa shape index (κ3) is 2.21. The predicted molar refractivity (Wildman–Crippen MR) is 79.6 cm³/mol. The lowest BCUT2D eigenvalue weighted by atomic mass is 10.1. The van der Waals surface area contributed by atoms with Crippen LogP contribution in [-0.4, -0.2) is 15.9 Å². The smallest absolute Gasteiger partial charge is 0.258 e. The van der Waals surface area contributed by atoms with Gasteiger partial charge in [-0.05, 0) is 37.3 Å². The number of aryl methyl sites for hydroxylation is 1. The first-order chi connectivity index (χ1) is 9.63. The van der Waals surface area contributed by atoms with Crippen LogP contribution in [-0.2, 0) is 0 Å². The molecule has 20 heavy (non-hydrogen) atoms. The SMILES string of the molecule is Cc1cccc(NC(=O)c2c[nH]c3cc(N)ccc23)n1. The van der Waals surface area contributed by atoms with Gasteiger partial charge in [-0.2, -0.15) is 0 Å². The van der Waals surface area contributed by atoms with Gasteiger partial charge < -0.3 is 16.0 Å². The molecule has 0 aliphatic carbocycles. The van der Waals surface area contributed by atoms with E-state index in [0.717, 1.165) is 16.6 Å². The number of nitrogens with two attached hydrogens (primary N) is 1. The van der Waals surface area contributed by atoms with Crippen LogP contribution in [0.1, 0.15) is 16.1 Å². The lowest BCUT2D eigenvalue weighted by molar-refractivity contribution is 0.102. The van der Waals surface area contributed by atoms with Gasteiger partial charge in [0.25, 0.3) is 5.91 Å². The third-order valence-electron chi connectivity index (χ3n) is 3.08. The number of benzene rings is 1. The van der Waals surface area contributed by atoms with Crippen molar-refractivity contribution in [3.05, 3.63) is 53.9 Å². The van der Waals surface area contributed by atoms with Crippen LogP contribution in [0, 0.1) is 6.92 Å². The van der Waals surface area contributed by atoms with Gasteiger partial charge in [0.2, 0.25) is 0 Å². The van der Waals surface area contributed by atoms with Crippen LogP contribution in [0.15, 0.2) is 42.6 Å². The summed E-state index contributed by atoms with van der Waals surface area (Å²) in [6.07, 6.45) is 1.68. The molecule has 3 rings (SSSR count). The number of amides is 1. The Bertz CT molecular complexity index is 791. The number of pyridine rings is 1. The molecule has 5 heteroatoms. The molecule has 0 saturated heterocycles. The van der Waals surface area contributed by atoms with Crippen molar-refractivity contribution in [2.24, 2.45) is 0 Å². The van der Waals surface area contributed by atoms with Gasteiger partial charge in [0.1, 0.15) is 5.82 Å². The van der Waals surface area contributed by atoms with Crippen LogP contribution in [0.4, 0.5) is 11.5 Å². The summed E-state index contributed by atoms with van der Waals surface area (Å²) in [6.45, 7) is 1.88. The van der Waals surface area contributed by atoms with E-state index in [2.05, 4.69) is 15.3 Å². The number of aromatic nitrogens is 2. The molecule has 0 bridgehead atoms. The van der Waals surface area contributed by atoms with E-state index in [9.17, 15) is 4.79 Å². The summed E-state index contributed by atoms with van der Waals surface area (Å²) < 4.78 is 0. The summed E-state index contributed by atoms with van der Waals surface area (Å²) in [6, 6.07) is 10.9. The number of hydrogen-bond acceptors (Lipinski definition) is 3. The van der Waals surface area contributed by atoms with E-state index in [0.29, 0.717) is 17.1 Å². The van der Waals surface area contributed by atoms with Gasteiger partial charge in [0.15, 0.2) is 0 Å². The van der Waals surface area contributed by atoms with Crippen molar-refractivity contribution >= 4 is 28.3 Å². The highest BCUT2D eigenvalue weighted by molar-refractivity contribution is 6.12. The van der Waals surface area contributed by atoms with Crippen molar-refractivity contribution in [2.45, 2.75) is 6.92 Å². The molecule has 1 aromatic carbocycles. The predicted octanol–water partition coefficient (Wildman–Crippen LogP) is 2.71. The van der Waals surface area contributed by atoms with Crippen LogP contribution < -0.4 is 11.1 Å². The average Bonchev–Trinajstić information content (AvgIpc) is 2.81. The molecule has 4 N–H and O–H groups in total. The highest BCUT2D eigenvalue weighted by Gasteiger charge is 2.12. The number of carbonyl (C=O) groups is 1. The number of nitrogen functional groups attached to an aromatic ring is 1. The van der Waals surface area contributed by atoms with Crippen molar-refractivity contribution in [2.75, 3.05) is 11.1 Å². The Labute approximate surface area is 115 Å². The number of nitrogens with one attached hydrogen (secondary N) is 2. The van der Waals surface area contributed by atoms with Crippen molar-refractivity contribution < 1.29 is 4.79 Å². The van der Waals surface area contributed by atoms with Crippen LogP contribution in [0.2, 0.25) is 0 Å². The maximum atomic E-state index is 12.3. The molecule has 0 atom stereocenters. The van der Waals surface area contributed by atoms with Crippen molar-refractivity contribution in [1.82, 2.24) is 9.97 Å². The van der Waals surface area contributed by atoms with Gasteiger partial charge in [0.05, 0.1) is 5.56 Å². The first-order valence-corrected chi connectivity index (χ1v) is 6.25. The quantitative estimate of drug-likeness (QED) is 0.623. The number of nitrogens with zero attached hydrogens (tertiary/aromatic N) is 1. The van der Waals surface area contributed by atoms with Gasteiger partial charge in [-0.25, -0.2) is 4.98 Å². The number of rotatable bonds is 2. The Balaban J connectivity index is 1.93. The zero-order valence-corrected chi connectivity index (χ0v) is 11.0. The molecule has 2 heterocycles. The summed E-state index contributed by atoms with van der Waals surface area (Å²) in [5, 5.41) is 3.63. The maximum absolute atomic E-state index is 12.3. The fraction of sp³-hybridized carbons (Fsp3) is 0.0667. The standard InChI is InChI=1S/C15H14N4O/c1-9-3-2-4-14(18-9)19-15(20)12-8-17-13-7-10(16)5-6-11(12)13/h2-8,17H,16H2,1H3,(H,18,19,20). The Morgan fingerprint density at radius 2 is 2.15 bits per heavy atom. The summed E-state index contributed by atoms with van der Waals surface area (Å²) >= 11 is 0. The largest absolute Gasteiger partial charge is 0.399 e. The highest BCUT2D eigenvalue weighted by Crippen LogP contribution is 2.21. The zero-order chi connectivity index (χ0) is 14.1. The van der Waals surface area contributed by atoms with Crippen molar-refractivity contribution in [3.63, 3.8) is 0 Å². The molecule has 0 aliphatic heterocycles. The van der Waals surface area contributed by atoms with Crippen LogP contribution in [0.3, 0.4) is 0 Å². The zero-order valence-electron chi connectivity index (χ0n) is 11.0. The molecule has 0 radical (unpaired) electrons. The number of fused-ring (bicyclic) bond motifs is 1. The monoisotopic (exact) mass is 266 g/mol. The van der Waals surface area contributed by atoms with E-state index >= 15 is 0 Å². The van der Waals surface area contributed by atoms with E-state index in [4.69, 9.17) is 5.73 Å². The summed E-state index contributed by atoms with van der Waals surface area (Å²) in [4.78, 5) is 19.6. The Morgan fingerprint density at radius 3 is 2.95 bits per heavy atom. The van der Waals surface area contributed by atoms with Gasteiger partial charge in [0, 0.05) is 28.5 Å². The van der Waals surface area contributed by atoms with Crippen LogP contribution >= 0.6 is 0 Å². The lowest BCUT2D eigenvalue weighted by Gasteiger charge is -2.04. The highest BCUT2D eigenvalue weighted by atomic mass is 16.1.